The van der Waals surface area contributed by atoms with Crippen molar-refractivity contribution in [3.8, 4) is 0 Å². The van der Waals surface area contributed by atoms with Gasteiger partial charge >= 0.3 is 6.18 Å². The van der Waals surface area contributed by atoms with Crippen LogP contribution in [-0.4, -0.2) is 7.05 Å². The standard InChI is InChI=1S/C15H13F4N/c1-20-14(12-7-2-3-8-13(12)16)10-5-4-6-11(9-10)15(17,18)19/h2-9,14,20H,1H3. The van der Waals surface area contributed by atoms with Crippen LogP contribution in [0.1, 0.15) is 22.7 Å². The Balaban J connectivity index is 2.46. The van der Waals surface area contributed by atoms with E-state index in [1.165, 1.54) is 18.2 Å². The molecule has 0 saturated heterocycles. The zero-order valence-electron chi connectivity index (χ0n) is 10.7. The Hall–Kier alpha value is -1.88. The van der Waals surface area contributed by atoms with Crippen molar-refractivity contribution in [3.63, 3.8) is 0 Å². The van der Waals surface area contributed by atoms with E-state index in [1.54, 1.807) is 25.2 Å². The third kappa shape index (κ3) is 2.99. The normalized spacial score (nSPS) is 13.2. The van der Waals surface area contributed by atoms with Crippen molar-refractivity contribution < 1.29 is 17.6 Å². The van der Waals surface area contributed by atoms with Gasteiger partial charge in [-0.05, 0) is 30.8 Å². The largest absolute Gasteiger partial charge is 0.416 e. The summed E-state index contributed by atoms with van der Waals surface area (Å²) in [5.74, 6) is -0.454. The molecule has 1 atom stereocenters. The summed E-state index contributed by atoms with van der Waals surface area (Å²) in [5.41, 5.74) is -0.0617. The van der Waals surface area contributed by atoms with E-state index < -0.39 is 23.6 Å². The van der Waals surface area contributed by atoms with Crippen LogP contribution < -0.4 is 5.32 Å². The van der Waals surface area contributed by atoms with E-state index in [-0.39, 0.29) is 0 Å². The number of benzene rings is 2. The lowest BCUT2D eigenvalue weighted by molar-refractivity contribution is -0.137. The summed E-state index contributed by atoms with van der Waals surface area (Å²) in [5, 5.41) is 2.85. The molecule has 0 bridgehead atoms. The summed E-state index contributed by atoms with van der Waals surface area (Å²) in [7, 11) is 1.58. The molecule has 0 heterocycles. The van der Waals surface area contributed by atoms with E-state index in [1.807, 2.05) is 0 Å². The minimum atomic E-state index is -4.41. The van der Waals surface area contributed by atoms with Crippen molar-refractivity contribution in [2.24, 2.45) is 0 Å². The molecule has 106 valence electrons. The Morgan fingerprint density at radius 1 is 1.00 bits per heavy atom. The van der Waals surface area contributed by atoms with Gasteiger partial charge in [0.15, 0.2) is 0 Å². The Morgan fingerprint density at radius 2 is 1.70 bits per heavy atom. The first-order chi connectivity index (χ1) is 9.43. The fraction of sp³-hybridized carbons (Fsp3) is 0.200. The van der Waals surface area contributed by atoms with Crippen LogP contribution in [0.2, 0.25) is 0 Å². The van der Waals surface area contributed by atoms with Gasteiger partial charge in [-0.15, -0.1) is 0 Å². The number of rotatable bonds is 3. The highest BCUT2D eigenvalue weighted by Gasteiger charge is 2.31. The maximum atomic E-state index is 13.8. The van der Waals surface area contributed by atoms with Gasteiger partial charge in [0.05, 0.1) is 11.6 Å². The van der Waals surface area contributed by atoms with Crippen LogP contribution >= 0.6 is 0 Å². The number of nitrogens with one attached hydrogen (secondary N) is 1. The highest BCUT2D eigenvalue weighted by atomic mass is 19.4. The van der Waals surface area contributed by atoms with Crippen molar-refractivity contribution in [3.05, 3.63) is 71.0 Å². The first kappa shape index (κ1) is 14.5. The first-order valence-corrected chi connectivity index (χ1v) is 6.02. The van der Waals surface area contributed by atoms with Crippen LogP contribution in [0.15, 0.2) is 48.5 Å². The second kappa shape index (κ2) is 5.63. The van der Waals surface area contributed by atoms with Gasteiger partial charge in [-0.25, -0.2) is 4.39 Å². The number of hydrogen-bond donors (Lipinski definition) is 1. The fourth-order valence-corrected chi connectivity index (χ4v) is 2.11. The van der Waals surface area contributed by atoms with Crippen molar-refractivity contribution in [2.45, 2.75) is 12.2 Å². The molecule has 0 fully saturated rings. The molecule has 2 aromatic carbocycles. The lowest BCUT2D eigenvalue weighted by atomic mass is 9.97. The molecule has 1 N–H and O–H groups in total. The maximum Gasteiger partial charge on any atom is 0.416 e. The van der Waals surface area contributed by atoms with Crippen LogP contribution in [0.5, 0.6) is 0 Å². The van der Waals surface area contributed by atoms with Crippen LogP contribution in [-0.2, 0) is 6.18 Å². The molecule has 1 nitrogen and oxygen atoms in total. The summed E-state index contributed by atoms with van der Waals surface area (Å²) in [4.78, 5) is 0. The number of alkyl halides is 3. The predicted molar refractivity (Wildman–Crippen MR) is 68.7 cm³/mol. The third-order valence-electron chi connectivity index (χ3n) is 3.05. The van der Waals surface area contributed by atoms with Gasteiger partial charge in [0.1, 0.15) is 5.82 Å². The molecule has 0 radical (unpaired) electrons. The number of halogens is 4. The molecular formula is C15H13F4N. The topological polar surface area (TPSA) is 12.0 Å². The van der Waals surface area contributed by atoms with Crippen LogP contribution in [0.25, 0.3) is 0 Å². The zero-order valence-corrected chi connectivity index (χ0v) is 10.7. The highest BCUT2D eigenvalue weighted by Crippen LogP contribution is 2.32. The van der Waals surface area contributed by atoms with Crippen molar-refractivity contribution in [1.82, 2.24) is 5.32 Å². The van der Waals surface area contributed by atoms with E-state index in [0.717, 1.165) is 12.1 Å². The van der Waals surface area contributed by atoms with Gasteiger partial charge in [0.2, 0.25) is 0 Å². The molecule has 2 rings (SSSR count). The van der Waals surface area contributed by atoms with E-state index in [4.69, 9.17) is 0 Å². The average molecular weight is 283 g/mol. The van der Waals surface area contributed by atoms with E-state index >= 15 is 0 Å². The molecule has 0 aliphatic heterocycles. The molecule has 20 heavy (non-hydrogen) atoms. The predicted octanol–water partition coefficient (Wildman–Crippen LogP) is 4.15. The molecule has 2 aromatic rings. The Bertz CT molecular complexity index is 592. The second-order valence-corrected chi connectivity index (χ2v) is 4.37. The van der Waals surface area contributed by atoms with E-state index in [9.17, 15) is 17.6 Å². The fourth-order valence-electron chi connectivity index (χ4n) is 2.11. The van der Waals surface area contributed by atoms with Gasteiger partial charge in [-0.2, -0.15) is 13.2 Å². The van der Waals surface area contributed by atoms with Gasteiger partial charge in [0.25, 0.3) is 0 Å². The summed E-state index contributed by atoms with van der Waals surface area (Å²) in [6.07, 6.45) is -4.41. The molecule has 0 amide bonds. The molecule has 1 unspecified atom stereocenters. The maximum absolute atomic E-state index is 13.8. The van der Waals surface area contributed by atoms with Gasteiger partial charge < -0.3 is 5.32 Å². The first-order valence-electron chi connectivity index (χ1n) is 6.02. The minimum absolute atomic E-state index is 0.314. The van der Waals surface area contributed by atoms with E-state index in [2.05, 4.69) is 5.32 Å². The third-order valence-corrected chi connectivity index (χ3v) is 3.05. The smallest absolute Gasteiger partial charge is 0.309 e. The lowest BCUT2D eigenvalue weighted by Gasteiger charge is -2.19. The molecule has 0 aliphatic rings. The van der Waals surface area contributed by atoms with Crippen molar-refractivity contribution in [2.75, 3.05) is 7.05 Å². The molecule has 0 aromatic heterocycles. The van der Waals surface area contributed by atoms with E-state index in [0.29, 0.717) is 11.1 Å². The van der Waals surface area contributed by atoms with Crippen LogP contribution in [0.3, 0.4) is 0 Å². The summed E-state index contributed by atoms with van der Waals surface area (Å²) in [6.45, 7) is 0. The Labute approximate surface area is 114 Å². The summed E-state index contributed by atoms with van der Waals surface area (Å²) in [6, 6.07) is 10.3. The van der Waals surface area contributed by atoms with Gasteiger partial charge in [0, 0.05) is 5.56 Å². The highest BCUT2D eigenvalue weighted by molar-refractivity contribution is 5.35. The average Bonchev–Trinajstić information content (AvgIpc) is 2.41. The second-order valence-electron chi connectivity index (χ2n) is 4.37. The van der Waals surface area contributed by atoms with Gasteiger partial charge in [-0.1, -0.05) is 30.3 Å². The van der Waals surface area contributed by atoms with Crippen molar-refractivity contribution in [1.29, 1.82) is 0 Å². The quantitative estimate of drug-likeness (QED) is 0.834. The molecule has 5 heteroatoms. The monoisotopic (exact) mass is 283 g/mol. The molecule has 0 saturated carbocycles. The van der Waals surface area contributed by atoms with Crippen LogP contribution in [0, 0.1) is 5.82 Å². The summed E-state index contributed by atoms with van der Waals surface area (Å²) < 4.78 is 52.0. The summed E-state index contributed by atoms with van der Waals surface area (Å²) >= 11 is 0. The number of hydrogen-bond acceptors (Lipinski definition) is 1. The SMILES string of the molecule is CNC(c1cccc(C(F)(F)F)c1)c1ccccc1F. The molecular weight excluding hydrogens is 270 g/mol. The lowest BCUT2D eigenvalue weighted by Crippen LogP contribution is -2.19. The zero-order chi connectivity index (χ0) is 14.8. The molecule has 0 spiro atoms. The Morgan fingerprint density at radius 3 is 2.30 bits per heavy atom. The van der Waals surface area contributed by atoms with Gasteiger partial charge in [-0.3, -0.25) is 0 Å². The van der Waals surface area contributed by atoms with Crippen molar-refractivity contribution >= 4 is 0 Å². The minimum Gasteiger partial charge on any atom is -0.309 e. The van der Waals surface area contributed by atoms with Crippen LogP contribution in [0.4, 0.5) is 17.6 Å². The molecule has 0 aliphatic carbocycles. The Kier molecular flexibility index (Phi) is 4.09.